The number of benzene rings is 1. The third-order valence-electron chi connectivity index (χ3n) is 3.06. The molecule has 0 saturated heterocycles. The summed E-state index contributed by atoms with van der Waals surface area (Å²) in [6.45, 7) is 2.19. The second-order valence-electron chi connectivity index (χ2n) is 4.70. The topological polar surface area (TPSA) is 74.7 Å². The van der Waals surface area contributed by atoms with Crippen LogP contribution in [0.25, 0.3) is 0 Å². The summed E-state index contributed by atoms with van der Waals surface area (Å²) < 4.78 is 0. The zero-order valence-corrected chi connectivity index (χ0v) is 11.6. The lowest BCUT2D eigenvalue weighted by atomic mass is 10.1. The van der Waals surface area contributed by atoms with E-state index in [9.17, 15) is 0 Å². The molecule has 0 aliphatic carbocycles. The number of anilines is 3. The lowest BCUT2D eigenvalue weighted by molar-refractivity contribution is 0.795. The summed E-state index contributed by atoms with van der Waals surface area (Å²) in [5.74, 6) is 0.531. The van der Waals surface area contributed by atoms with Crippen LogP contribution < -0.4 is 11.1 Å². The van der Waals surface area contributed by atoms with Crippen LogP contribution in [0.5, 0.6) is 0 Å². The van der Waals surface area contributed by atoms with Gasteiger partial charge < -0.3 is 11.1 Å². The number of aromatic nitrogens is 1. The Morgan fingerprint density at radius 3 is 2.70 bits per heavy atom. The third-order valence-corrected chi connectivity index (χ3v) is 3.06. The highest BCUT2D eigenvalue weighted by molar-refractivity contribution is 5.65. The van der Waals surface area contributed by atoms with Crippen molar-refractivity contribution < 1.29 is 0 Å². The van der Waals surface area contributed by atoms with Crippen LogP contribution in [0.15, 0.2) is 36.5 Å². The van der Waals surface area contributed by atoms with Gasteiger partial charge in [-0.3, -0.25) is 0 Å². The number of nitrogens with zero attached hydrogens (tertiary/aromatic N) is 2. The van der Waals surface area contributed by atoms with Gasteiger partial charge >= 0.3 is 0 Å². The highest BCUT2D eigenvalue weighted by Gasteiger charge is 2.04. The summed E-state index contributed by atoms with van der Waals surface area (Å²) in [4.78, 5) is 4.16. The normalized spacial score (nSPS) is 10.0. The zero-order valence-electron chi connectivity index (χ0n) is 11.6. The zero-order chi connectivity index (χ0) is 14.4. The number of hydrogen-bond donors (Lipinski definition) is 2. The molecule has 2 rings (SSSR count). The first-order valence-corrected chi connectivity index (χ1v) is 6.74. The molecule has 0 saturated carbocycles. The Balaban J connectivity index is 2.12. The molecule has 20 heavy (non-hydrogen) atoms. The van der Waals surface area contributed by atoms with Crippen molar-refractivity contribution in [2.45, 2.75) is 26.2 Å². The lowest BCUT2D eigenvalue weighted by Gasteiger charge is -2.08. The molecule has 102 valence electrons. The van der Waals surface area contributed by atoms with Crippen LogP contribution in [0.1, 0.15) is 30.9 Å². The molecule has 1 aromatic heterocycles. The SMILES string of the molecule is CCCCc1ccc(Nc2ncc(N)cc2C#N)cc1. The number of nitrogen functional groups attached to an aromatic ring is 1. The lowest BCUT2D eigenvalue weighted by Crippen LogP contribution is -1.99. The van der Waals surface area contributed by atoms with Crippen LogP contribution in [0.4, 0.5) is 17.2 Å². The number of nitrogens with one attached hydrogen (secondary N) is 1. The molecule has 0 aliphatic rings. The number of nitriles is 1. The number of rotatable bonds is 5. The quantitative estimate of drug-likeness (QED) is 0.866. The van der Waals surface area contributed by atoms with Crippen LogP contribution >= 0.6 is 0 Å². The van der Waals surface area contributed by atoms with Gasteiger partial charge in [-0.2, -0.15) is 5.26 Å². The fourth-order valence-electron chi connectivity index (χ4n) is 1.94. The molecule has 1 aromatic carbocycles. The molecular weight excluding hydrogens is 248 g/mol. The Morgan fingerprint density at radius 2 is 2.05 bits per heavy atom. The van der Waals surface area contributed by atoms with E-state index in [-0.39, 0.29) is 0 Å². The van der Waals surface area contributed by atoms with Gasteiger partial charge in [-0.25, -0.2) is 4.98 Å². The summed E-state index contributed by atoms with van der Waals surface area (Å²) >= 11 is 0. The van der Waals surface area contributed by atoms with Crippen molar-refractivity contribution in [3.05, 3.63) is 47.7 Å². The van der Waals surface area contributed by atoms with Crippen molar-refractivity contribution in [2.24, 2.45) is 0 Å². The molecule has 0 amide bonds. The minimum absolute atomic E-state index is 0.444. The van der Waals surface area contributed by atoms with E-state index >= 15 is 0 Å². The second-order valence-corrected chi connectivity index (χ2v) is 4.70. The van der Waals surface area contributed by atoms with Gasteiger partial charge in [-0.1, -0.05) is 25.5 Å². The Kier molecular flexibility index (Phi) is 4.56. The fourth-order valence-corrected chi connectivity index (χ4v) is 1.94. The molecule has 0 spiro atoms. The maximum atomic E-state index is 9.08. The minimum Gasteiger partial charge on any atom is -0.397 e. The van der Waals surface area contributed by atoms with Crippen molar-refractivity contribution >= 4 is 17.2 Å². The molecule has 3 N–H and O–H groups in total. The predicted octanol–water partition coefficient (Wildman–Crippen LogP) is 3.62. The highest BCUT2D eigenvalue weighted by atomic mass is 15.0. The van der Waals surface area contributed by atoms with E-state index in [1.807, 2.05) is 12.1 Å². The van der Waals surface area contributed by atoms with E-state index in [0.717, 1.165) is 12.1 Å². The number of aryl methyl sites for hydroxylation is 1. The number of hydrogen-bond acceptors (Lipinski definition) is 4. The van der Waals surface area contributed by atoms with E-state index in [2.05, 4.69) is 35.4 Å². The summed E-state index contributed by atoms with van der Waals surface area (Å²) in [6, 6.07) is 11.9. The summed E-state index contributed by atoms with van der Waals surface area (Å²) in [5.41, 5.74) is 8.79. The van der Waals surface area contributed by atoms with Gasteiger partial charge in [-0.05, 0) is 36.6 Å². The van der Waals surface area contributed by atoms with Gasteiger partial charge in [0.05, 0.1) is 17.4 Å². The number of unbranched alkanes of at least 4 members (excludes halogenated alkanes) is 1. The van der Waals surface area contributed by atoms with Gasteiger partial charge in [0.1, 0.15) is 11.9 Å². The smallest absolute Gasteiger partial charge is 0.148 e. The van der Waals surface area contributed by atoms with Crippen molar-refractivity contribution in [2.75, 3.05) is 11.1 Å². The van der Waals surface area contributed by atoms with Crippen LogP contribution in [0.3, 0.4) is 0 Å². The second kappa shape index (κ2) is 6.58. The van der Waals surface area contributed by atoms with Gasteiger partial charge in [0.15, 0.2) is 0 Å². The molecule has 0 fully saturated rings. The molecule has 4 heteroatoms. The molecule has 0 radical (unpaired) electrons. The molecule has 2 aromatic rings. The number of nitrogens with two attached hydrogens (primary N) is 1. The summed E-state index contributed by atoms with van der Waals surface area (Å²) in [6.07, 6.45) is 5.03. The summed E-state index contributed by atoms with van der Waals surface area (Å²) in [7, 11) is 0. The molecule has 0 atom stereocenters. The third kappa shape index (κ3) is 3.48. The highest BCUT2D eigenvalue weighted by Crippen LogP contribution is 2.20. The van der Waals surface area contributed by atoms with Gasteiger partial charge in [-0.15, -0.1) is 0 Å². The van der Waals surface area contributed by atoms with Crippen molar-refractivity contribution in [1.29, 1.82) is 5.26 Å². The fraction of sp³-hybridized carbons (Fsp3) is 0.250. The van der Waals surface area contributed by atoms with Crippen LogP contribution in [-0.2, 0) is 6.42 Å². The van der Waals surface area contributed by atoms with Crippen LogP contribution in [0, 0.1) is 11.3 Å². The average Bonchev–Trinajstić information content (AvgIpc) is 2.48. The average molecular weight is 266 g/mol. The molecule has 0 unspecified atom stereocenters. The standard InChI is InChI=1S/C16H18N4/c1-2-3-4-12-5-7-15(8-6-12)20-16-13(10-17)9-14(18)11-19-16/h5-9,11H,2-4,18H2,1H3,(H,19,20). The van der Waals surface area contributed by atoms with E-state index in [1.54, 1.807) is 12.3 Å². The number of pyridine rings is 1. The maximum absolute atomic E-state index is 9.08. The van der Waals surface area contributed by atoms with Gasteiger partial charge in [0, 0.05) is 5.69 Å². The first-order valence-electron chi connectivity index (χ1n) is 6.74. The van der Waals surface area contributed by atoms with Crippen molar-refractivity contribution in [3.63, 3.8) is 0 Å². The van der Waals surface area contributed by atoms with E-state index < -0.39 is 0 Å². The summed E-state index contributed by atoms with van der Waals surface area (Å²) in [5, 5.41) is 12.2. The first-order chi connectivity index (χ1) is 9.72. The molecule has 0 aliphatic heterocycles. The largest absolute Gasteiger partial charge is 0.397 e. The van der Waals surface area contributed by atoms with Gasteiger partial charge in [0.25, 0.3) is 0 Å². The molecule has 0 bridgehead atoms. The monoisotopic (exact) mass is 266 g/mol. The Bertz CT molecular complexity index is 611. The predicted molar refractivity (Wildman–Crippen MR) is 81.7 cm³/mol. The van der Waals surface area contributed by atoms with Crippen LogP contribution in [0.2, 0.25) is 0 Å². The van der Waals surface area contributed by atoms with Crippen molar-refractivity contribution in [1.82, 2.24) is 4.98 Å². The van der Waals surface area contributed by atoms with Crippen molar-refractivity contribution in [3.8, 4) is 6.07 Å². The minimum atomic E-state index is 0.444. The first kappa shape index (κ1) is 13.9. The van der Waals surface area contributed by atoms with Gasteiger partial charge in [0.2, 0.25) is 0 Å². The molecular formula is C16H18N4. The maximum Gasteiger partial charge on any atom is 0.148 e. The Hall–Kier alpha value is -2.54. The Labute approximate surface area is 119 Å². The van der Waals surface area contributed by atoms with E-state index in [0.29, 0.717) is 17.1 Å². The molecule has 1 heterocycles. The van der Waals surface area contributed by atoms with Crippen LogP contribution in [-0.4, -0.2) is 4.98 Å². The van der Waals surface area contributed by atoms with E-state index in [1.165, 1.54) is 18.4 Å². The van der Waals surface area contributed by atoms with E-state index in [4.69, 9.17) is 11.0 Å². The molecule has 4 nitrogen and oxygen atoms in total. The Morgan fingerprint density at radius 1 is 1.30 bits per heavy atom.